The summed E-state index contributed by atoms with van der Waals surface area (Å²) in [5.74, 6) is -0.975. The largest absolute Gasteiger partial charge is 0.360 e. The number of fused-ring (bicyclic) bond motifs is 4. The maximum Gasteiger partial charge on any atom is 0.188 e. The van der Waals surface area contributed by atoms with Crippen LogP contribution in [0.3, 0.4) is 0 Å². The molecule has 0 radical (unpaired) electrons. The highest BCUT2D eigenvalue weighted by molar-refractivity contribution is 6.30. The molecular weight excluding hydrogens is 280 g/mol. The summed E-state index contributed by atoms with van der Waals surface area (Å²) in [7, 11) is 0. The summed E-state index contributed by atoms with van der Waals surface area (Å²) in [6.07, 6.45) is 0.266. The number of carbonyl (C=O) groups is 1. The predicted octanol–water partition coefficient (Wildman–Crippen LogP) is 1.69. The van der Waals surface area contributed by atoms with Gasteiger partial charge in [-0.1, -0.05) is 17.7 Å². The van der Waals surface area contributed by atoms with Gasteiger partial charge in [0, 0.05) is 5.02 Å². The third kappa shape index (κ3) is 1.26. The number of rotatable bonds is 0. The Balaban J connectivity index is 1.74. The first-order valence-corrected chi connectivity index (χ1v) is 7.34. The number of carbonyl (C=O) groups excluding carboxylic acids is 1. The monoisotopic (exact) mass is 292 g/mol. The van der Waals surface area contributed by atoms with Crippen molar-refractivity contribution in [2.75, 3.05) is 13.2 Å². The number of Topliss-reactive ketones (excluding diaryl/α,β-unsaturated/α-hetero) is 1. The SMILES string of the molecule is O=C1C2OC2[C@@H]2c3ccc(Cl)cc3C[C@H]1C21OCCO1. The summed E-state index contributed by atoms with van der Waals surface area (Å²) in [5, 5.41) is 0.701. The van der Waals surface area contributed by atoms with E-state index in [0.29, 0.717) is 24.7 Å². The minimum Gasteiger partial charge on any atom is -0.360 e. The second-order valence-corrected chi connectivity index (χ2v) is 6.36. The van der Waals surface area contributed by atoms with Crippen molar-refractivity contribution < 1.29 is 19.0 Å². The van der Waals surface area contributed by atoms with Crippen LogP contribution in [-0.2, 0) is 25.4 Å². The predicted molar refractivity (Wildman–Crippen MR) is 69.7 cm³/mol. The number of ether oxygens (including phenoxy) is 3. The first-order chi connectivity index (χ1) is 9.71. The van der Waals surface area contributed by atoms with Crippen LogP contribution in [0, 0.1) is 5.92 Å². The van der Waals surface area contributed by atoms with Crippen molar-refractivity contribution >= 4 is 17.4 Å². The zero-order chi connectivity index (χ0) is 13.5. The minimum atomic E-state index is -0.810. The van der Waals surface area contributed by atoms with Crippen molar-refractivity contribution in [3.63, 3.8) is 0 Å². The maximum absolute atomic E-state index is 12.5. The number of halogens is 1. The Hall–Kier alpha value is -0.940. The van der Waals surface area contributed by atoms with E-state index in [1.54, 1.807) is 0 Å². The molecule has 1 spiro atoms. The summed E-state index contributed by atoms with van der Waals surface area (Å²) in [5.41, 5.74) is 2.28. The first kappa shape index (κ1) is 11.7. The molecule has 5 heteroatoms. The van der Waals surface area contributed by atoms with Crippen molar-refractivity contribution in [1.82, 2.24) is 0 Å². The quantitative estimate of drug-likeness (QED) is 0.683. The summed E-state index contributed by atoms with van der Waals surface area (Å²) in [6, 6.07) is 5.87. The van der Waals surface area contributed by atoms with E-state index in [4.69, 9.17) is 25.8 Å². The third-order valence-corrected chi connectivity index (χ3v) is 5.23. The third-order valence-electron chi connectivity index (χ3n) is 5.00. The summed E-state index contributed by atoms with van der Waals surface area (Å²) >= 11 is 6.09. The zero-order valence-electron chi connectivity index (χ0n) is 10.7. The van der Waals surface area contributed by atoms with Crippen molar-refractivity contribution in [3.05, 3.63) is 34.3 Å². The van der Waals surface area contributed by atoms with Crippen LogP contribution in [0.15, 0.2) is 18.2 Å². The molecule has 1 aromatic carbocycles. The van der Waals surface area contributed by atoms with E-state index in [1.807, 2.05) is 18.2 Å². The lowest BCUT2D eigenvalue weighted by Crippen LogP contribution is -2.58. The fourth-order valence-electron chi connectivity index (χ4n) is 4.18. The molecule has 2 bridgehead atoms. The second-order valence-electron chi connectivity index (χ2n) is 5.92. The van der Waals surface area contributed by atoms with E-state index in [1.165, 1.54) is 0 Å². The topological polar surface area (TPSA) is 48.1 Å². The fraction of sp³-hybridized carbons (Fsp3) is 0.533. The molecule has 4 nitrogen and oxygen atoms in total. The van der Waals surface area contributed by atoms with Gasteiger partial charge in [0.15, 0.2) is 11.6 Å². The smallest absolute Gasteiger partial charge is 0.188 e. The molecule has 3 fully saturated rings. The fourth-order valence-corrected chi connectivity index (χ4v) is 4.38. The highest BCUT2D eigenvalue weighted by Crippen LogP contribution is 2.59. The maximum atomic E-state index is 12.5. The van der Waals surface area contributed by atoms with Crippen molar-refractivity contribution in [3.8, 4) is 0 Å². The van der Waals surface area contributed by atoms with Crippen LogP contribution in [-0.4, -0.2) is 37.0 Å². The van der Waals surface area contributed by atoms with Gasteiger partial charge in [-0.3, -0.25) is 4.79 Å². The van der Waals surface area contributed by atoms with E-state index < -0.39 is 5.79 Å². The van der Waals surface area contributed by atoms with Gasteiger partial charge in [0.2, 0.25) is 0 Å². The van der Waals surface area contributed by atoms with Crippen LogP contribution in [0.1, 0.15) is 17.0 Å². The van der Waals surface area contributed by atoms with Gasteiger partial charge >= 0.3 is 0 Å². The second kappa shape index (κ2) is 3.63. The lowest BCUT2D eigenvalue weighted by atomic mass is 9.64. The van der Waals surface area contributed by atoms with Crippen LogP contribution in [0.2, 0.25) is 5.02 Å². The summed E-state index contributed by atoms with van der Waals surface area (Å²) in [4.78, 5) is 12.5. The number of ketones is 1. The number of hydrogen-bond acceptors (Lipinski definition) is 4. The van der Waals surface area contributed by atoms with Crippen LogP contribution < -0.4 is 0 Å². The molecule has 0 amide bonds. The highest BCUT2D eigenvalue weighted by atomic mass is 35.5. The molecule has 104 valence electrons. The number of epoxide rings is 1. The normalized spacial score (nSPS) is 39.5. The van der Waals surface area contributed by atoms with Crippen LogP contribution in [0.5, 0.6) is 0 Å². The van der Waals surface area contributed by atoms with Crippen molar-refractivity contribution in [2.24, 2.45) is 5.92 Å². The molecule has 2 unspecified atom stereocenters. The molecule has 0 aromatic heterocycles. The standard InChI is InChI=1S/C15H13ClO4/c16-8-1-2-9-7(5-8)6-10-12(17)14-13(20-14)11(9)15(10)18-3-4-19-15/h1-2,5,10-11,13-14H,3-4,6H2/t10-,11+,13?,14?/m1/s1. The molecule has 1 aromatic rings. The molecule has 5 rings (SSSR count). The van der Waals surface area contributed by atoms with Crippen LogP contribution in [0.25, 0.3) is 0 Å². The van der Waals surface area contributed by atoms with Gasteiger partial charge in [0.25, 0.3) is 0 Å². The Morgan fingerprint density at radius 2 is 2.05 bits per heavy atom. The van der Waals surface area contributed by atoms with E-state index in [9.17, 15) is 4.79 Å². The van der Waals surface area contributed by atoms with Crippen molar-refractivity contribution in [2.45, 2.75) is 30.3 Å². The van der Waals surface area contributed by atoms with Gasteiger partial charge in [-0.05, 0) is 29.7 Å². The molecular formula is C15H13ClO4. The van der Waals surface area contributed by atoms with Gasteiger partial charge < -0.3 is 14.2 Å². The summed E-state index contributed by atoms with van der Waals surface area (Å²) in [6.45, 7) is 1.08. The molecule has 2 aliphatic carbocycles. The van der Waals surface area contributed by atoms with Gasteiger partial charge in [0.1, 0.15) is 12.2 Å². The number of benzene rings is 1. The zero-order valence-corrected chi connectivity index (χ0v) is 11.4. The summed E-state index contributed by atoms with van der Waals surface area (Å²) < 4.78 is 17.5. The minimum absolute atomic E-state index is 0.0151. The molecule has 20 heavy (non-hydrogen) atoms. The lowest BCUT2D eigenvalue weighted by Gasteiger charge is -2.46. The Morgan fingerprint density at radius 1 is 1.25 bits per heavy atom. The molecule has 2 aliphatic heterocycles. The average molecular weight is 293 g/mol. The number of hydrogen-bond donors (Lipinski definition) is 0. The van der Waals surface area contributed by atoms with Gasteiger partial charge in [-0.25, -0.2) is 0 Å². The van der Waals surface area contributed by atoms with E-state index >= 15 is 0 Å². The lowest BCUT2D eigenvalue weighted by molar-refractivity contribution is -0.221. The molecule has 2 heterocycles. The Bertz CT molecular complexity index is 622. The van der Waals surface area contributed by atoms with Crippen molar-refractivity contribution in [1.29, 1.82) is 0 Å². The highest BCUT2D eigenvalue weighted by Gasteiger charge is 2.71. The average Bonchev–Trinajstić information content (AvgIpc) is 3.07. The Kier molecular flexibility index (Phi) is 2.12. The van der Waals surface area contributed by atoms with Crippen LogP contribution in [0.4, 0.5) is 0 Å². The first-order valence-electron chi connectivity index (χ1n) is 6.96. The molecule has 2 saturated heterocycles. The Morgan fingerprint density at radius 3 is 2.85 bits per heavy atom. The Labute approximate surface area is 120 Å². The van der Waals surface area contributed by atoms with Gasteiger partial charge in [-0.15, -0.1) is 0 Å². The van der Waals surface area contributed by atoms with E-state index in [2.05, 4.69) is 0 Å². The van der Waals surface area contributed by atoms with E-state index in [-0.39, 0.29) is 29.8 Å². The molecule has 0 N–H and O–H groups in total. The van der Waals surface area contributed by atoms with E-state index in [0.717, 1.165) is 11.1 Å². The van der Waals surface area contributed by atoms with Gasteiger partial charge in [-0.2, -0.15) is 0 Å². The molecule has 1 saturated carbocycles. The molecule has 4 atom stereocenters. The van der Waals surface area contributed by atoms with Gasteiger partial charge in [0.05, 0.1) is 25.0 Å². The van der Waals surface area contributed by atoms with Crippen LogP contribution >= 0.6 is 11.6 Å². The molecule has 4 aliphatic rings.